The quantitative estimate of drug-likeness (QED) is 0.348. The van der Waals surface area contributed by atoms with Gasteiger partial charge in [-0.05, 0) is 47.9 Å². The number of ketones is 1. The van der Waals surface area contributed by atoms with Crippen LogP contribution in [-0.4, -0.2) is 38.3 Å². The number of benzene rings is 1. The topological polar surface area (TPSA) is 92.6 Å². The number of carbonyl (C=O) groups is 2. The van der Waals surface area contributed by atoms with Gasteiger partial charge in [0.2, 0.25) is 0 Å². The van der Waals surface area contributed by atoms with Gasteiger partial charge in [-0.1, -0.05) is 25.1 Å². The van der Waals surface area contributed by atoms with Crippen molar-refractivity contribution in [2.75, 3.05) is 6.61 Å². The van der Waals surface area contributed by atoms with Crippen molar-refractivity contribution in [3.05, 3.63) is 95.6 Å². The molecule has 1 aliphatic heterocycles. The van der Waals surface area contributed by atoms with Gasteiger partial charge >= 0.3 is 0 Å². The molecule has 3 aromatic rings. The van der Waals surface area contributed by atoms with Crippen LogP contribution >= 0.6 is 0 Å². The number of hydrogen-bond donors (Lipinski definition) is 1. The summed E-state index contributed by atoms with van der Waals surface area (Å²) >= 11 is 0. The Morgan fingerprint density at radius 3 is 2.59 bits per heavy atom. The van der Waals surface area contributed by atoms with Crippen molar-refractivity contribution >= 4 is 17.4 Å². The van der Waals surface area contributed by atoms with E-state index in [-0.39, 0.29) is 17.9 Å². The molecule has 3 heterocycles. The van der Waals surface area contributed by atoms with Crippen molar-refractivity contribution in [2.24, 2.45) is 0 Å². The zero-order chi connectivity index (χ0) is 22.5. The number of Topliss-reactive ketones (excluding diaryl/α,β-unsaturated/α-hetero) is 1. The largest absolute Gasteiger partial charge is 0.507 e. The van der Waals surface area contributed by atoms with Crippen LogP contribution in [0.15, 0.2) is 78.9 Å². The van der Waals surface area contributed by atoms with Crippen LogP contribution in [-0.2, 0) is 16.1 Å². The summed E-state index contributed by atoms with van der Waals surface area (Å²) in [5.41, 5.74) is 1.91. The molecular formula is C25H23N3O4. The Bertz CT molecular complexity index is 1150. The van der Waals surface area contributed by atoms with Crippen LogP contribution in [0.25, 0.3) is 5.76 Å². The summed E-state index contributed by atoms with van der Waals surface area (Å²) in [5, 5.41) is 11.2. The molecule has 1 fully saturated rings. The highest BCUT2D eigenvalue weighted by Gasteiger charge is 2.46. The van der Waals surface area contributed by atoms with Gasteiger partial charge in [-0.15, -0.1) is 0 Å². The van der Waals surface area contributed by atoms with E-state index in [1.54, 1.807) is 73.3 Å². The van der Waals surface area contributed by atoms with Crippen LogP contribution < -0.4 is 4.74 Å². The fourth-order valence-corrected chi connectivity index (χ4v) is 3.72. The molecule has 1 atom stereocenters. The Kier molecular flexibility index (Phi) is 6.26. The molecule has 1 amide bonds. The monoisotopic (exact) mass is 429 g/mol. The van der Waals surface area contributed by atoms with Crippen molar-refractivity contribution in [1.29, 1.82) is 0 Å². The molecule has 0 radical (unpaired) electrons. The molecule has 32 heavy (non-hydrogen) atoms. The van der Waals surface area contributed by atoms with E-state index in [0.717, 1.165) is 12.0 Å². The SMILES string of the molecule is CCCOc1cccc(/C(O)=C2/C(=O)C(=O)N(Cc3ccncc3)C2c2cccnc2)c1. The van der Waals surface area contributed by atoms with Crippen molar-refractivity contribution < 1.29 is 19.4 Å². The molecule has 4 rings (SSSR count). The van der Waals surface area contributed by atoms with Gasteiger partial charge in [0.15, 0.2) is 0 Å². The molecule has 1 unspecified atom stereocenters. The van der Waals surface area contributed by atoms with Crippen LogP contribution in [0, 0.1) is 0 Å². The number of aliphatic hydroxyl groups is 1. The Hall–Kier alpha value is -4.00. The summed E-state index contributed by atoms with van der Waals surface area (Å²) in [6, 6.07) is 13.2. The molecule has 162 valence electrons. The van der Waals surface area contributed by atoms with Gasteiger partial charge in [0, 0.05) is 36.9 Å². The van der Waals surface area contributed by atoms with Crippen LogP contribution in [0.1, 0.15) is 36.1 Å². The lowest BCUT2D eigenvalue weighted by Crippen LogP contribution is -2.29. The van der Waals surface area contributed by atoms with E-state index < -0.39 is 17.7 Å². The fourth-order valence-electron chi connectivity index (χ4n) is 3.72. The summed E-state index contributed by atoms with van der Waals surface area (Å²) < 4.78 is 5.66. The molecule has 0 spiro atoms. The maximum atomic E-state index is 13.1. The molecule has 0 saturated carbocycles. The van der Waals surface area contributed by atoms with E-state index in [1.807, 2.05) is 6.92 Å². The summed E-state index contributed by atoms with van der Waals surface area (Å²) in [6.07, 6.45) is 7.33. The Morgan fingerprint density at radius 1 is 1.06 bits per heavy atom. The van der Waals surface area contributed by atoms with E-state index in [1.165, 1.54) is 4.90 Å². The molecule has 1 aliphatic rings. The second-order valence-corrected chi connectivity index (χ2v) is 7.45. The van der Waals surface area contributed by atoms with Gasteiger partial charge in [0.05, 0.1) is 18.2 Å². The summed E-state index contributed by atoms with van der Waals surface area (Å²) in [5.74, 6) is -1.06. The third kappa shape index (κ3) is 4.23. The van der Waals surface area contributed by atoms with Crippen LogP contribution in [0.2, 0.25) is 0 Å². The highest BCUT2D eigenvalue weighted by molar-refractivity contribution is 6.46. The average Bonchev–Trinajstić information content (AvgIpc) is 3.08. The zero-order valence-corrected chi connectivity index (χ0v) is 17.6. The van der Waals surface area contributed by atoms with E-state index >= 15 is 0 Å². The first-order valence-corrected chi connectivity index (χ1v) is 10.4. The third-order valence-electron chi connectivity index (χ3n) is 5.22. The number of rotatable bonds is 7. The van der Waals surface area contributed by atoms with E-state index in [2.05, 4.69) is 9.97 Å². The van der Waals surface area contributed by atoms with Gasteiger partial charge in [-0.25, -0.2) is 0 Å². The van der Waals surface area contributed by atoms with Gasteiger partial charge in [0.1, 0.15) is 11.5 Å². The first-order valence-electron chi connectivity index (χ1n) is 10.4. The van der Waals surface area contributed by atoms with Gasteiger partial charge < -0.3 is 14.7 Å². The van der Waals surface area contributed by atoms with Crippen molar-refractivity contribution in [3.8, 4) is 5.75 Å². The minimum absolute atomic E-state index is 0.0321. The molecule has 1 aromatic carbocycles. The lowest BCUT2D eigenvalue weighted by Gasteiger charge is -2.25. The second kappa shape index (κ2) is 9.43. The first kappa shape index (κ1) is 21.2. The molecule has 0 aliphatic carbocycles. The minimum atomic E-state index is -0.767. The Labute approximate surface area is 186 Å². The minimum Gasteiger partial charge on any atom is -0.507 e. The highest BCUT2D eigenvalue weighted by Crippen LogP contribution is 2.40. The van der Waals surface area contributed by atoms with Crippen LogP contribution in [0.5, 0.6) is 5.75 Å². The normalized spacial score (nSPS) is 17.5. The molecule has 1 N–H and O–H groups in total. The summed E-state index contributed by atoms with van der Waals surface area (Å²) in [6.45, 7) is 2.74. The van der Waals surface area contributed by atoms with Crippen molar-refractivity contribution in [3.63, 3.8) is 0 Å². The number of ether oxygens (including phenoxy) is 1. The Balaban J connectivity index is 1.80. The lowest BCUT2D eigenvalue weighted by molar-refractivity contribution is -0.140. The van der Waals surface area contributed by atoms with Crippen molar-refractivity contribution in [1.82, 2.24) is 14.9 Å². The highest BCUT2D eigenvalue weighted by atomic mass is 16.5. The first-order chi connectivity index (χ1) is 15.6. The number of amides is 1. The standard InChI is InChI=1S/C25H23N3O4/c1-2-13-32-20-7-3-5-18(14-20)23(29)21-22(19-6-4-10-27-15-19)28(25(31)24(21)30)16-17-8-11-26-12-9-17/h3-12,14-15,22,29H,2,13,16H2,1H3/b23-21-. The van der Waals surface area contributed by atoms with Crippen LogP contribution in [0.4, 0.5) is 0 Å². The molecule has 0 bridgehead atoms. The van der Waals surface area contributed by atoms with Crippen molar-refractivity contribution in [2.45, 2.75) is 25.9 Å². The lowest BCUT2D eigenvalue weighted by atomic mass is 9.96. The average molecular weight is 429 g/mol. The number of pyridine rings is 2. The number of aliphatic hydroxyl groups excluding tert-OH is 1. The fraction of sp³-hybridized carbons (Fsp3) is 0.200. The third-order valence-corrected chi connectivity index (χ3v) is 5.22. The predicted octanol–water partition coefficient (Wildman–Crippen LogP) is 3.89. The van der Waals surface area contributed by atoms with Crippen LogP contribution in [0.3, 0.4) is 0 Å². The predicted molar refractivity (Wildman–Crippen MR) is 119 cm³/mol. The smallest absolute Gasteiger partial charge is 0.295 e. The molecule has 2 aromatic heterocycles. The molecule has 7 heteroatoms. The van der Waals surface area contributed by atoms with Gasteiger partial charge in [-0.2, -0.15) is 0 Å². The summed E-state index contributed by atoms with van der Waals surface area (Å²) in [4.78, 5) is 35.7. The Morgan fingerprint density at radius 2 is 1.88 bits per heavy atom. The zero-order valence-electron chi connectivity index (χ0n) is 17.6. The van der Waals surface area contributed by atoms with E-state index in [4.69, 9.17) is 4.74 Å². The van der Waals surface area contributed by atoms with E-state index in [9.17, 15) is 14.7 Å². The maximum absolute atomic E-state index is 13.1. The number of aromatic nitrogens is 2. The summed E-state index contributed by atoms with van der Waals surface area (Å²) in [7, 11) is 0. The molecule has 7 nitrogen and oxygen atoms in total. The maximum Gasteiger partial charge on any atom is 0.295 e. The van der Waals surface area contributed by atoms with Gasteiger partial charge in [-0.3, -0.25) is 19.6 Å². The van der Waals surface area contributed by atoms with Gasteiger partial charge in [0.25, 0.3) is 11.7 Å². The number of likely N-dealkylation sites (tertiary alicyclic amines) is 1. The molecule has 1 saturated heterocycles. The second-order valence-electron chi connectivity index (χ2n) is 7.45. The molecular weight excluding hydrogens is 406 g/mol. The number of hydrogen-bond acceptors (Lipinski definition) is 6. The number of nitrogens with zero attached hydrogens (tertiary/aromatic N) is 3. The number of carbonyl (C=O) groups excluding carboxylic acids is 2. The van der Waals surface area contributed by atoms with E-state index in [0.29, 0.717) is 23.5 Å².